The van der Waals surface area contributed by atoms with E-state index in [0.717, 1.165) is 16.4 Å². The van der Waals surface area contributed by atoms with E-state index in [0.29, 0.717) is 5.13 Å². The summed E-state index contributed by atoms with van der Waals surface area (Å²) >= 11 is 1.20. The second kappa shape index (κ2) is 5.14. The molecular formula is C11H11FN2O3S2. The Kier molecular flexibility index (Phi) is 3.72. The van der Waals surface area contributed by atoms with Crippen molar-refractivity contribution in [2.24, 2.45) is 0 Å². The standard InChI is InChI=1S/C11H11FN2O3S2/c1-14(11-13-5-6-18-11)19(15,16)8-3-4-9(12)10(7-8)17-2/h3-7H,1-2H3. The predicted octanol–water partition coefficient (Wildman–Crippen LogP) is 2.12. The van der Waals surface area contributed by atoms with Crippen LogP contribution in [-0.4, -0.2) is 27.6 Å². The lowest BCUT2D eigenvalue weighted by molar-refractivity contribution is 0.385. The molecule has 0 bridgehead atoms. The second-order valence-corrected chi connectivity index (χ2v) is 6.43. The Morgan fingerprint density at radius 1 is 1.42 bits per heavy atom. The number of nitrogens with zero attached hydrogens (tertiary/aromatic N) is 2. The highest BCUT2D eigenvalue weighted by molar-refractivity contribution is 7.93. The number of methoxy groups -OCH3 is 1. The molecule has 0 aliphatic carbocycles. The van der Waals surface area contributed by atoms with Crippen LogP contribution in [0, 0.1) is 5.82 Å². The molecule has 8 heteroatoms. The van der Waals surface area contributed by atoms with Gasteiger partial charge in [0.25, 0.3) is 10.0 Å². The topological polar surface area (TPSA) is 59.5 Å². The molecule has 0 fully saturated rings. The monoisotopic (exact) mass is 302 g/mol. The Labute approximate surface area is 114 Å². The van der Waals surface area contributed by atoms with E-state index in [1.807, 2.05) is 0 Å². The highest BCUT2D eigenvalue weighted by Crippen LogP contribution is 2.27. The Morgan fingerprint density at radius 3 is 2.74 bits per heavy atom. The normalized spacial score (nSPS) is 11.3. The van der Waals surface area contributed by atoms with Gasteiger partial charge in [-0.25, -0.2) is 22.1 Å². The summed E-state index contributed by atoms with van der Waals surface area (Å²) in [5.74, 6) is -0.730. The zero-order valence-electron chi connectivity index (χ0n) is 10.2. The van der Waals surface area contributed by atoms with Crippen LogP contribution in [-0.2, 0) is 10.0 Å². The van der Waals surface area contributed by atoms with Gasteiger partial charge < -0.3 is 4.74 Å². The van der Waals surface area contributed by atoms with Crippen molar-refractivity contribution in [3.05, 3.63) is 35.6 Å². The van der Waals surface area contributed by atoms with E-state index in [1.54, 1.807) is 5.38 Å². The maximum Gasteiger partial charge on any atom is 0.265 e. The van der Waals surface area contributed by atoms with Crippen molar-refractivity contribution in [1.29, 1.82) is 0 Å². The van der Waals surface area contributed by atoms with Gasteiger partial charge in [-0.15, -0.1) is 11.3 Å². The largest absolute Gasteiger partial charge is 0.494 e. The molecule has 0 unspecified atom stereocenters. The van der Waals surface area contributed by atoms with Crippen molar-refractivity contribution in [2.45, 2.75) is 4.90 Å². The van der Waals surface area contributed by atoms with Crippen molar-refractivity contribution in [1.82, 2.24) is 4.98 Å². The number of anilines is 1. The van der Waals surface area contributed by atoms with E-state index in [4.69, 9.17) is 4.74 Å². The summed E-state index contributed by atoms with van der Waals surface area (Å²) in [7, 11) is -1.11. The van der Waals surface area contributed by atoms with E-state index in [9.17, 15) is 12.8 Å². The molecular weight excluding hydrogens is 291 g/mol. The quantitative estimate of drug-likeness (QED) is 0.868. The molecule has 0 amide bonds. The fraction of sp³-hybridized carbons (Fsp3) is 0.182. The molecule has 0 N–H and O–H groups in total. The Bertz CT molecular complexity index is 671. The molecule has 19 heavy (non-hydrogen) atoms. The zero-order valence-corrected chi connectivity index (χ0v) is 11.8. The number of halogens is 1. The van der Waals surface area contributed by atoms with E-state index < -0.39 is 15.8 Å². The Hall–Kier alpha value is -1.67. The van der Waals surface area contributed by atoms with E-state index in [1.165, 1.54) is 37.8 Å². The van der Waals surface area contributed by atoms with Gasteiger partial charge in [-0.3, -0.25) is 0 Å². The van der Waals surface area contributed by atoms with Gasteiger partial charge in [0.2, 0.25) is 0 Å². The van der Waals surface area contributed by atoms with Crippen molar-refractivity contribution < 1.29 is 17.5 Å². The van der Waals surface area contributed by atoms with Crippen molar-refractivity contribution in [2.75, 3.05) is 18.5 Å². The number of thiazole rings is 1. The third-order valence-electron chi connectivity index (χ3n) is 2.47. The number of rotatable bonds is 4. The van der Waals surface area contributed by atoms with Crippen LogP contribution >= 0.6 is 11.3 Å². The van der Waals surface area contributed by atoms with Crippen LogP contribution in [0.2, 0.25) is 0 Å². The first-order valence-electron chi connectivity index (χ1n) is 5.19. The number of ether oxygens (including phenoxy) is 1. The second-order valence-electron chi connectivity index (χ2n) is 3.58. The number of sulfonamides is 1. The third-order valence-corrected chi connectivity index (χ3v) is 5.18. The number of aromatic nitrogens is 1. The summed E-state index contributed by atoms with van der Waals surface area (Å²) in [6.45, 7) is 0. The van der Waals surface area contributed by atoms with Crippen LogP contribution < -0.4 is 9.04 Å². The van der Waals surface area contributed by atoms with Crippen LogP contribution in [0.4, 0.5) is 9.52 Å². The van der Waals surface area contributed by atoms with Gasteiger partial charge in [-0.1, -0.05) is 0 Å². The first-order valence-corrected chi connectivity index (χ1v) is 7.50. The smallest absolute Gasteiger partial charge is 0.265 e. The molecule has 0 aliphatic heterocycles. The summed E-state index contributed by atoms with van der Waals surface area (Å²) in [6, 6.07) is 3.40. The molecule has 1 heterocycles. The van der Waals surface area contributed by atoms with Crippen molar-refractivity contribution in [3.63, 3.8) is 0 Å². The van der Waals surface area contributed by atoms with Gasteiger partial charge in [0.1, 0.15) is 0 Å². The molecule has 5 nitrogen and oxygen atoms in total. The highest BCUT2D eigenvalue weighted by Gasteiger charge is 2.24. The molecule has 1 aromatic carbocycles. The summed E-state index contributed by atoms with van der Waals surface area (Å²) in [5, 5.41) is 2.01. The van der Waals surface area contributed by atoms with Crippen LogP contribution in [0.1, 0.15) is 0 Å². The van der Waals surface area contributed by atoms with Gasteiger partial charge in [-0.05, 0) is 12.1 Å². The number of benzene rings is 1. The van der Waals surface area contributed by atoms with Crippen LogP contribution in [0.15, 0.2) is 34.7 Å². The van der Waals surface area contributed by atoms with Gasteiger partial charge >= 0.3 is 0 Å². The lowest BCUT2D eigenvalue weighted by atomic mass is 10.3. The van der Waals surface area contributed by atoms with Crippen molar-refractivity contribution in [3.8, 4) is 5.75 Å². The molecule has 0 spiro atoms. The van der Waals surface area contributed by atoms with Crippen LogP contribution in [0.3, 0.4) is 0 Å². The molecule has 2 rings (SSSR count). The first-order chi connectivity index (χ1) is 8.96. The minimum atomic E-state index is -3.78. The molecule has 0 radical (unpaired) electrons. The molecule has 102 valence electrons. The summed E-state index contributed by atoms with van der Waals surface area (Å²) in [6.07, 6.45) is 1.51. The molecule has 0 saturated carbocycles. The minimum absolute atomic E-state index is 0.0524. The Morgan fingerprint density at radius 2 is 2.16 bits per heavy atom. The lowest BCUT2D eigenvalue weighted by Gasteiger charge is -2.16. The molecule has 0 aliphatic rings. The summed E-state index contributed by atoms with van der Waals surface area (Å²) in [5.41, 5.74) is 0. The average Bonchev–Trinajstić information content (AvgIpc) is 2.91. The van der Waals surface area contributed by atoms with E-state index in [-0.39, 0.29) is 10.6 Å². The third kappa shape index (κ3) is 2.54. The van der Waals surface area contributed by atoms with Gasteiger partial charge in [0.05, 0.1) is 12.0 Å². The fourth-order valence-corrected chi connectivity index (χ4v) is 3.43. The maximum absolute atomic E-state index is 13.3. The van der Waals surface area contributed by atoms with Crippen LogP contribution in [0.25, 0.3) is 0 Å². The Balaban J connectivity index is 2.45. The number of hydrogen-bond acceptors (Lipinski definition) is 5. The molecule has 2 aromatic rings. The molecule has 1 aromatic heterocycles. The zero-order chi connectivity index (χ0) is 14.0. The minimum Gasteiger partial charge on any atom is -0.494 e. The van der Waals surface area contributed by atoms with Gasteiger partial charge in [-0.2, -0.15) is 0 Å². The van der Waals surface area contributed by atoms with Crippen molar-refractivity contribution >= 4 is 26.5 Å². The fourth-order valence-electron chi connectivity index (χ4n) is 1.43. The van der Waals surface area contributed by atoms with E-state index in [2.05, 4.69) is 4.98 Å². The summed E-state index contributed by atoms with van der Waals surface area (Å²) < 4.78 is 43.8. The molecule has 0 atom stereocenters. The van der Waals surface area contributed by atoms with Gasteiger partial charge in [0.15, 0.2) is 16.7 Å². The maximum atomic E-state index is 13.3. The van der Waals surface area contributed by atoms with Crippen LogP contribution in [0.5, 0.6) is 5.75 Å². The average molecular weight is 302 g/mol. The van der Waals surface area contributed by atoms with E-state index >= 15 is 0 Å². The summed E-state index contributed by atoms with van der Waals surface area (Å²) in [4.78, 5) is 3.88. The SMILES string of the molecule is COc1cc(S(=O)(=O)N(C)c2nccs2)ccc1F. The first kappa shape index (κ1) is 13.8. The van der Waals surface area contributed by atoms with Gasteiger partial charge in [0, 0.05) is 24.7 Å². The lowest BCUT2D eigenvalue weighted by Crippen LogP contribution is -2.26. The number of hydrogen-bond donors (Lipinski definition) is 0. The predicted molar refractivity (Wildman–Crippen MR) is 70.7 cm³/mol. The highest BCUT2D eigenvalue weighted by atomic mass is 32.2. The molecule has 0 saturated heterocycles.